The fourth-order valence-corrected chi connectivity index (χ4v) is 1.94. The first-order valence-corrected chi connectivity index (χ1v) is 6.91. The molecule has 2 rings (SSSR count). The van der Waals surface area contributed by atoms with E-state index in [9.17, 15) is 0 Å². The molecule has 0 radical (unpaired) electrons. The number of rotatable bonds is 6. The van der Waals surface area contributed by atoms with E-state index in [1.54, 1.807) is 7.11 Å². The smallest absolute Gasteiger partial charge is 0.118 e. The van der Waals surface area contributed by atoms with Gasteiger partial charge in [0.25, 0.3) is 0 Å². The minimum absolute atomic E-state index is 0. The van der Waals surface area contributed by atoms with Gasteiger partial charge in [-0.2, -0.15) is 0 Å². The Morgan fingerprint density at radius 2 is 1.71 bits per heavy atom. The lowest BCUT2D eigenvalue weighted by atomic mass is 10.2. The number of hydrogen-bond donors (Lipinski definition) is 1. The van der Waals surface area contributed by atoms with Crippen LogP contribution in [0.3, 0.4) is 0 Å². The molecule has 0 fully saturated rings. The average Bonchev–Trinajstić information content (AvgIpc) is 2.49. The van der Waals surface area contributed by atoms with Gasteiger partial charge in [0.2, 0.25) is 0 Å². The molecule has 2 aromatic rings. The molecule has 0 unspecified atom stereocenters. The Morgan fingerprint density at radius 3 is 2.33 bits per heavy atom. The highest BCUT2D eigenvalue weighted by atomic mass is 35.5. The first-order valence-electron chi connectivity index (χ1n) is 6.54. The second-order valence-electron chi connectivity index (χ2n) is 4.43. The van der Waals surface area contributed by atoms with E-state index >= 15 is 0 Å². The van der Waals surface area contributed by atoms with Gasteiger partial charge in [-0.05, 0) is 35.4 Å². The number of benzene rings is 2. The molecule has 0 atom stereocenters. The third kappa shape index (κ3) is 6.21. The van der Waals surface area contributed by atoms with E-state index in [-0.39, 0.29) is 12.4 Å². The Kier molecular flexibility index (Phi) is 7.91. The zero-order valence-corrected chi connectivity index (χ0v) is 13.5. The van der Waals surface area contributed by atoms with Gasteiger partial charge in [-0.25, -0.2) is 0 Å². The van der Waals surface area contributed by atoms with E-state index < -0.39 is 0 Å². The standard InChI is InChI=1S/C17H18ClNO.ClH/c1-20-17-10-6-15(7-11-17)13-19-12-2-3-14-4-8-16(18)9-5-14;/h2-11,19H,12-13H2,1H3;1H/b3-2+;. The molecule has 1 N–H and O–H groups in total. The summed E-state index contributed by atoms with van der Waals surface area (Å²) in [5.41, 5.74) is 2.39. The van der Waals surface area contributed by atoms with E-state index in [1.807, 2.05) is 36.4 Å². The van der Waals surface area contributed by atoms with Crippen molar-refractivity contribution in [2.75, 3.05) is 13.7 Å². The van der Waals surface area contributed by atoms with Gasteiger partial charge in [-0.3, -0.25) is 0 Å². The molecule has 0 aliphatic rings. The van der Waals surface area contributed by atoms with Crippen LogP contribution in [0.25, 0.3) is 6.08 Å². The van der Waals surface area contributed by atoms with Crippen LogP contribution in [0.5, 0.6) is 5.75 Å². The van der Waals surface area contributed by atoms with Crippen molar-refractivity contribution < 1.29 is 4.74 Å². The molecule has 0 amide bonds. The van der Waals surface area contributed by atoms with Gasteiger partial charge >= 0.3 is 0 Å². The van der Waals surface area contributed by atoms with E-state index in [4.69, 9.17) is 16.3 Å². The Morgan fingerprint density at radius 1 is 1.05 bits per heavy atom. The molecule has 112 valence electrons. The molecule has 0 spiro atoms. The molecule has 0 bridgehead atoms. The lowest BCUT2D eigenvalue weighted by Gasteiger charge is -2.04. The monoisotopic (exact) mass is 323 g/mol. The molecule has 0 aromatic heterocycles. The van der Waals surface area contributed by atoms with Crippen molar-refractivity contribution in [3.05, 3.63) is 70.8 Å². The summed E-state index contributed by atoms with van der Waals surface area (Å²) in [6.45, 7) is 1.67. The van der Waals surface area contributed by atoms with Crippen LogP contribution in [0.15, 0.2) is 54.6 Å². The van der Waals surface area contributed by atoms with Gasteiger partial charge in [-0.15, -0.1) is 12.4 Å². The summed E-state index contributed by atoms with van der Waals surface area (Å²) in [5, 5.41) is 4.13. The molecule has 21 heavy (non-hydrogen) atoms. The maximum Gasteiger partial charge on any atom is 0.118 e. The third-order valence-electron chi connectivity index (χ3n) is 2.93. The molecule has 2 aromatic carbocycles. The summed E-state index contributed by atoms with van der Waals surface area (Å²) < 4.78 is 5.13. The van der Waals surface area contributed by atoms with Crippen molar-refractivity contribution >= 4 is 30.1 Å². The van der Waals surface area contributed by atoms with Gasteiger partial charge in [0, 0.05) is 18.1 Å². The second kappa shape index (κ2) is 9.46. The minimum Gasteiger partial charge on any atom is -0.497 e. The summed E-state index contributed by atoms with van der Waals surface area (Å²) in [7, 11) is 1.68. The zero-order chi connectivity index (χ0) is 14.2. The van der Waals surface area contributed by atoms with Crippen molar-refractivity contribution in [2.24, 2.45) is 0 Å². The quantitative estimate of drug-likeness (QED) is 0.786. The van der Waals surface area contributed by atoms with E-state index in [0.717, 1.165) is 29.4 Å². The SMILES string of the molecule is COc1ccc(CNC/C=C/c2ccc(Cl)cc2)cc1.Cl. The van der Waals surface area contributed by atoms with Crippen LogP contribution in [-0.4, -0.2) is 13.7 Å². The molecule has 0 aliphatic carbocycles. The maximum absolute atomic E-state index is 5.84. The van der Waals surface area contributed by atoms with E-state index in [0.29, 0.717) is 0 Å². The third-order valence-corrected chi connectivity index (χ3v) is 3.18. The van der Waals surface area contributed by atoms with Crippen molar-refractivity contribution in [1.29, 1.82) is 0 Å². The summed E-state index contributed by atoms with van der Waals surface area (Å²) in [6, 6.07) is 15.9. The lowest BCUT2D eigenvalue weighted by molar-refractivity contribution is 0.414. The topological polar surface area (TPSA) is 21.3 Å². The van der Waals surface area contributed by atoms with Crippen LogP contribution < -0.4 is 10.1 Å². The number of methoxy groups -OCH3 is 1. The predicted octanol–water partition coefficient (Wildman–Crippen LogP) is 4.57. The fraction of sp³-hybridized carbons (Fsp3) is 0.176. The average molecular weight is 324 g/mol. The highest BCUT2D eigenvalue weighted by Crippen LogP contribution is 2.11. The lowest BCUT2D eigenvalue weighted by Crippen LogP contribution is -2.12. The Labute approximate surface area is 137 Å². The molecule has 2 nitrogen and oxygen atoms in total. The van der Waals surface area contributed by atoms with Crippen LogP contribution in [0, 0.1) is 0 Å². The van der Waals surface area contributed by atoms with Crippen LogP contribution in [0.4, 0.5) is 0 Å². The molecule has 0 heterocycles. The van der Waals surface area contributed by atoms with Crippen LogP contribution in [0.1, 0.15) is 11.1 Å². The fourth-order valence-electron chi connectivity index (χ4n) is 1.81. The summed E-state index contributed by atoms with van der Waals surface area (Å²) in [5.74, 6) is 0.886. The Balaban J connectivity index is 0.00000220. The van der Waals surface area contributed by atoms with E-state index in [2.05, 4.69) is 29.6 Å². The van der Waals surface area contributed by atoms with Crippen molar-refractivity contribution in [3.8, 4) is 5.75 Å². The molecule has 4 heteroatoms. The Hall–Kier alpha value is -1.48. The molecular formula is C17H19Cl2NO. The van der Waals surface area contributed by atoms with E-state index in [1.165, 1.54) is 5.56 Å². The number of nitrogens with one attached hydrogen (secondary N) is 1. The largest absolute Gasteiger partial charge is 0.497 e. The maximum atomic E-state index is 5.84. The molecule has 0 aliphatic heterocycles. The summed E-state index contributed by atoms with van der Waals surface area (Å²) >= 11 is 5.84. The number of hydrogen-bond acceptors (Lipinski definition) is 2. The molecule has 0 saturated heterocycles. The predicted molar refractivity (Wildman–Crippen MR) is 92.4 cm³/mol. The Bertz CT molecular complexity index is 550. The number of ether oxygens (including phenoxy) is 1. The number of halogens is 2. The second-order valence-corrected chi connectivity index (χ2v) is 4.87. The normalized spacial score (nSPS) is 10.4. The van der Waals surface area contributed by atoms with Gasteiger partial charge in [0.05, 0.1) is 7.11 Å². The minimum atomic E-state index is 0. The van der Waals surface area contributed by atoms with Crippen LogP contribution in [0.2, 0.25) is 5.02 Å². The van der Waals surface area contributed by atoms with Gasteiger partial charge in [0.1, 0.15) is 5.75 Å². The van der Waals surface area contributed by atoms with Gasteiger partial charge in [-0.1, -0.05) is 48.0 Å². The van der Waals surface area contributed by atoms with Gasteiger partial charge in [0.15, 0.2) is 0 Å². The van der Waals surface area contributed by atoms with Gasteiger partial charge < -0.3 is 10.1 Å². The molecular weight excluding hydrogens is 305 g/mol. The van der Waals surface area contributed by atoms with Crippen molar-refractivity contribution in [1.82, 2.24) is 5.32 Å². The zero-order valence-electron chi connectivity index (χ0n) is 11.9. The highest BCUT2D eigenvalue weighted by molar-refractivity contribution is 6.30. The summed E-state index contributed by atoms with van der Waals surface area (Å²) in [6.07, 6.45) is 4.18. The first-order chi connectivity index (χ1) is 9.78. The van der Waals surface area contributed by atoms with Crippen molar-refractivity contribution in [2.45, 2.75) is 6.54 Å². The summed E-state index contributed by atoms with van der Waals surface area (Å²) in [4.78, 5) is 0. The highest BCUT2D eigenvalue weighted by Gasteiger charge is 1.93. The van der Waals surface area contributed by atoms with Crippen LogP contribution >= 0.6 is 24.0 Å². The van der Waals surface area contributed by atoms with Crippen LogP contribution in [-0.2, 0) is 6.54 Å². The molecule has 0 saturated carbocycles. The first kappa shape index (κ1) is 17.6. The van der Waals surface area contributed by atoms with Crippen molar-refractivity contribution in [3.63, 3.8) is 0 Å².